The first-order valence-electron chi connectivity index (χ1n) is 3.61. The zero-order valence-electron chi connectivity index (χ0n) is 7.13. The van der Waals surface area contributed by atoms with Crippen molar-refractivity contribution in [3.05, 3.63) is 18.0 Å². The molecule has 0 fully saturated rings. The van der Waals surface area contributed by atoms with Crippen LogP contribution in [-0.2, 0) is 11.3 Å². The van der Waals surface area contributed by atoms with Crippen molar-refractivity contribution in [1.82, 2.24) is 5.16 Å². The molecule has 0 saturated carbocycles. The highest BCUT2D eigenvalue weighted by Gasteiger charge is 2.10. The highest BCUT2D eigenvalue weighted by atomic mass is 16.5. The summed E-state index contributed by atoms with van der Waals surface area (Å²) < 4.78 is 10.1. The van der Waals surface area contributed by atoms with Crippen LogP contribution in [-0.4, -0.2) is 10.8 Å². The third-order valence-corrected chi connectivity index (χ3v) is 1.14. The zero-order chi connectivity index (χ0) is 8.32. The van der Waals surface area contributed by atoms with E-state index in [0.29, 0.717) is 6.61 Å². The fourth-order valence-electron chi connectivity index (χ4n) is 0.602. The first kappa shape index (κ1) is 8.27. The van der Waals surface area contributed by atoms with Gasteiger partial charge in [0.05, 0.1) is 12.2 Å². The molecule has 0 unspecified atom stereocenters. The third-order valence-electron chi connectivity index (χ3n) is 1.14. The van der Waals surface area contributed by atoms with Gasteiger partial charge in [0.25, 0.3) is 0 Å². The van der Waals surface area contributed by atoms with Crippen molar-refractivity contribution in [2.45, 2.75) is 33.0 Å². The molecular formula is C8H13NO2. The Morgan fingerprint density at radius 2 is 2.27 bits per heavy atom. The van der Waals surface area contributed by atoms with E-state index in [1.54, 1.807) is 12.3 Å². The Balaban J connectivity index is 2.35. The van der Waals surface area contributed by atoms with Crippen LogP contribution in [0.1, 0.15) is 26.5 Å². The lowest BCUT2D eigenvalue weighted by atomic mass is 10.2. The van der Waals surface area contributed by atoms with E-state index in [1.165, 1.54) is 0 Å². The Labute approximate surface area is 66.3 Å². The minimum absolute atomic E-state index is 0.112. The molecule has 0 N–H and O–H groups in total. The summed E-state index contributed by atoms with van der Waals surface area (Å²) >= 11 is 0. The normalized spacial score (nSPS) is 11.9. The minimum atomic E-state index is -0.112. The van der Waals surface area contributed by atoms with E-state index in [4.69, 9.17) is 4.74 Å². The lowest BCUT2D eigenvalue weighted by Crippen LogP contribution is -2.18. The second kappa shape index (κ2) is 3.05. The van der Waals surface area contributed by atoms with Crippen LogP contribution in [0.5, 0.6) is 0 Å². The predicted octanol–water partition coefficient (Wildman–Crippen LogP) is 1.99. The van der Waals surface area contributed by atoms with Crippen LogP contribution in [0.3, 0.4) is 0 Å². The maximum atomic E-state index is 5.45. The molecule has 0 aliphatic rings. The summed E-state index contributed by atoms with van der Waals surface area (Å²) in [5.74, 6) is 0. The van der Waals surface area contributed by atoms with Gasteiger partial charge in [0.2, 0.25) is 0 Å². The number of hydrogen-bond donors (Lipinski definition) is 0. The molecule has 0 saturated heterocycles. The van der Waals surface area contributed by atoms with Crippen LogP contribution < -0.4 is 0 Å². The molecule has 0 radical (unpaired) electrons. The maximum absolute atomic E-state index is 5.45. The molecule has 1 aromatic rings. The van der Waals surface area contributed by atoms with E-state index < -0.39 is 0 Å². The Morgan fingerprint density at radius 1 is 1.55 bits per heavy atom. The monoisotopic (exact) mass is 155 g/mol. The SMILES string of the molecule is CC(C)(C)OCc1ccon1. The smallest absolute Gasteiger partial charge is 0.124 e. The number of aromatic nitrogens is 1. The topological polar surface area (TPSA) is 35.3 Å². The van der Waals surface area contributed by atoms with Crippen LogP contribution in [0.2, 0.25) is 0 Å². The summed E-state index contributed by atoms with van der Waals surface area (Å²) in [6.07, 6.45) is 1.54. The first-order chi connectivity index (χ1) is 5.08. The molecule has 1 rings (SSSR count). The number of nitrogens with zero attached hydrogens (tertiary/aromatic N) is 1. The van der Waals surface area contributed by atoms with Gasteiger partial charge in [-0.3, -0.25) is 0 Å². The fraction of sp³-hybridized carbons (Fsp3) is 0.625. The third kappa shape index (κ3) is 3.18. The predicted molar refractivity (Wildman–Crippen MR) is 41.0 cm³/mol. The Kier molecular flexibility index (Phi) is 2.29. The van der Waals surface area contributed by atoms with Gasteiger partial charge < -0.3 is 9.26 Å². The van der Waals surface area contributed by atoms with Crippen LogP contribution >= 0.6 is 0 Å². The van der Waals surface area contributed by atoms with Gasteiger partial charge in [0, 0.05) is 6.07 Å². The van der Waals surface area contributed by atoms with E-state index in [9.17, 15) is 0 Å². The van der Waals surface area contributed by atoms with Crippen molar-refractivity contribution >= 4 is 0 Å². The molecule has 0 spiro atoms. The van der Waals surface area contributed by atoms with Gasteiger partial charge in [-0.1, -0.05) is 5.16 Å². The van der Waals surface area contributed by atoms with Crippen molar-refractivity contribution in [1.29, 1.82) is 0 Å². The molecule has 3 heteroatoms. The van der Waals surface area contributed by atoms with Crippen LogP contribution in [0.4, 0.5) is 0 Å². The summed E-state index contributed by atoms with van der Waals surface area (Å²) in [6.45, 7) is 6.53. The summed E-state index contributed by atoms with van der Waals surface area (Å²) in [4.78, 5) is 0. The molecular weight excluding hydrogens is 142 g/mol. The molecule has 0 aliphatic heterocycles. The van der Waals surface area contributed by atoms with E-state index in [1.807, 2.05) is 20.8 Å². The molecule has 1 aromatic heterocycles. The van der Waals surface area contributed by atoms with E-state index in [2.05, 4.69) is 9.68 Å². The molecule has 62 valence electrons. The van der Waals surface area contributed by atoms with Crippen LogP contribution in [0, 0.1) is 0 Å². The molecule has 1 heterocycles. The Bertz CT molecular complexity index is 198. The zero-order valence-corrected chi connectivity index (χ0v) is 7.13. The van der Waals surface area contributed by atoms with Crippen molar-refractivity contribution in [3.63, 3.8) is 0 Å². The summed E-state index contributed by atoms with van der Waals surface area (Å²) in [7, 11) is 0. The molecule has 0 aromatic carbocycles. The van der Waals surface area contributed by atoms with Crippen LogP contribution in [0.25, 0.3) is 0 Å². The minimum Gasteiger partial charge on any atom is -0.369 e. The van der Waals surface area contributed by atoms with E-state index in [0.717, 1.165) is 5.69 Å². The largest absolute Gasteiger partial charge is 0.369 e. The second-order valence-electron chi connectivity index (χ2n) is 3.39. The van der Waals surface area contributed by atoms with Crippen molar-refractivity contribution in [2.24, 2.45) is 0 Å². The summed E-state index contributed by atoms with van der Waals surface area (Å²) in [5.41, 5.74) is 0.721. The summed E-state index contributed by atoms with van der Waals surface area (Å²) in [5, 5.41) is 3.72. The highest BCUT2D eigenvalue weighted by molar-refractivity contribution is 4.92. The van der Waals surface area contributed by atoms with Gasteiger partial charge in [-0.05, 0) is 20.8 Å². The fourth-order valence-corrected chi connectivity index (χ4v) is 0.602. The molecule has 0 amide bonds. The highest BCUT2D eigenvalue weighted by Crippen LogP contribution is 2.09. The van der Waals surface area contributed by atoms with Crippen LogP contribution in [0.15, 0.2) is 16.9 Å². The summed E-state index contributed by atoms with van der Waals surface area (Å²) in [6, 6.07) is 1.80. The van der Waals surface area contributed by atoms with E-state index in [-0.39, 0.29) is 5.60 Å². The lowest BCUT2D eigenvalue weighted by molar-refractivity contribution is -0.0173. The second-order valence-corrected chi connectivity index (χ2v) is 3.39. The lowest BCUT2D eigenvalue weighted by Gasteiger charge is -2.18. The molecule has 0 bridgehead atoms. The van der Waals surface area contributed by atoms with Gasteiger partial charge >= 0.3 is 0 Å². The molecule has 0 atom stereocenters. The van der Waals surface area contributed by atoms with E-state index >= 15 is 0 Å². The molecule has 0 aliphatic carbocycles. The van der Waals surface area contributed by atoms with Gasteiger partial charge in [0.15, 0.2) is 0 Å². The molecule has 11 heavy (non-hydrogen) atoms. The maximum Gasteiger partial charge on any atom is 0.124 e. The number of rotatable bonds is 2. The Morgan fingerprint density at radius 3 is 2.73 bits per heavy atom. The van der Waals surface area contributed by atoms with Crippen molar-refractivity contribution < 1.29 is 9.26 Å². The average molecular weight is 155 g/mol. The van der Waals surface area contributed by atoms with Crippen molar-refractivity contribution in [2.75, 3.05) is 0 Å². The average Bonchev–Trinajstić information content (AvgIpc) is 2.32. The van der Waals surface area contributed by atoms with Gasteiger partial charge in [-0.15, -0.1) is 0 Å². The van der Waals surface area contributed by atoms with Crippen molar-refractivity contribution in [3.8, 4) is 0 Å². The number of ether oxygens (including phenoxy) is 1. The number of hydrogen-bond acceptors (Lipinski definition) is 3. The molecule has 3 nitrogen and oxygen atoms in total. The quantitative estimate of drug-likeness (QED) is 0.655. The van der Waals surface area contributed by atoms with Gasteiger partial charge in [-0.25, -0.2) is 0 Å². The van der Waals surface area contributed by atoms with Gasteiger partial charge in [0.1, 0.15) is 12.0 Å². The first-order valence-corrected chi connectivity index (χ1v) is 3.61. The van der Waals surface area contributed by atoms with Gasteiger partial charge in [-0.2, -0.15) is 0 Å². The standard InChI is InChI=1S/C8H13NO2/c1-8(2,3)10-6-7-4-5-11-9-7/h4-5H,6H2,1-3H3. The Hall–Kier alpha value is -0.830.